The van der Waals surface area contributed by atoms with Gasteiger partial charge < -0.3 is 5.32 Å². The molecule has 21 heavy (non-hydrogen) atoms. The number of rotatable bonds is 6. The lowest BCUT2D eigenvalue weighted by Crippen LogP contribution is -2.34. The van der Waals surface area contributed by atoms with E-state index in [1.165, 1.54) is 31.4 Å². The van der Waals surface area contributed by atoms with Crippen LogP contribution in [0.1, 0.15) is 51.4 Å². The number of aromatic nitrogens is 2. The minimum Gasteiger partial charge on any atom is -0.319 e. The van der Waals surface area contributed by atoms with E-state index in [1.54, 1.807) is 0 Å². The van der Waals surface area contributed by atoms with Crippen molar-refractivity contribution < 1.29 is 0 Å². The van der Waals surface area contributed by atoms with E-state index < -0.39 is 0 Å². The largest absolute Gasteiger partial charge is 0.319 e. The maximum atomic E-state index is 4.62. The van der Waals surface area contributed by atoms with Crippen LogP contribution in [0.25, 0.3) is 0 Å². The molecular weight excluding hydrogens is 258 g/mol. The minimum atomic E-state index is 0.806. The summed E-state index contributed by atoms with van der Waals surface area (Å²) in [6.45, 7) is 11.2. The van der Waals surface area contributed by atoms with Crippen LogP contribution in [0.5, 0.6) is 0 Å². The van der Waals surface area contributed by atoms with Crippen LogP contribution < -0.4 is 5.32 Å². The quantitative estimate of drug-likeness (QED) is 0.867. The van der Waals surface area contributed by atoms with Crippen molar-refractivity contribution in [2.75, 3.05) is 13.6 Å². The van der Waals surface area contributed by atoms with Gasteiger partial charge in [0.15, 0.2) is 0 Å². The highest BCUT2D eigenvalue weighted by molar-refractivity contribution is 5.10. The van der Waals surface area contributed by atoms with E-state index in [0.717, 1.165) is 42.5 Å². The van der Waals surface area contributed by atoms with Crippen LogP contribution in [0.3, 0.4) is 0 Å². The zero-order valence-corrected chi connectivity index (χ0v) is 14.5. The van der Waals surface area contributed by atoms with E-state index in [2.05, 4.69) is 55.9 Å². The Labute approximate surface area is 130 Å². The molecule has 1 aliphatic rings. The van der Waals surface area contributed by atoms with Gasteiger partial charge >= 0.3 is 0 Å². The summed E-state index contributed by atoms with van der Waals surface area (Å²) in [4.78, 5) is 0. The Hall–Kier alpha value is -0.830. The van der Waals surface area contributed by atoms with Crippen molar-refractivity contribution in [1.29, 1.82) is 0 Å². The molecule has 1 aromatic heterocycles. The van der Waals surface area contributed by atoms with Gasteiger partial charge in [-0.3, -0.25) is 4.68 Å². The Morgan fingerprint density at radius 2 is 2.10 bits per heavy atom. The molecule has 0 spiro atoms. The lowest BCUT2D eigenvalue weighted by atomic mass is 9.69. The van der Waals surface area contributed by atoms with Crippen LogP contribution in [0.4, 0.5) is 0 Å². The van der Waals surface area contributed by atoms with Crippen molar-refractivity contribution in [3.05, 3.63) is 17.5 Å². The molecule has 1 saturated carbocycles. The second-order valence-corrected chi connectivity index (χ2v) is 7.19. The number of nitrogens with one attached hydrogen (secondary N) is 1. The smallest absolute Gasteiger partial charge is 0.0596 e. The molecule has 1 heterocycles. The number of nitrogens with zero attached hydrogens (tertiary/aromatic N) is 2. The van der Waals surface area contributed by atoms with Crippen molar-refractivity contribution in [3.63, 3.8) is 0 Å². The van der Waals surface area contributed by atoms with Crippen molar-refractivity contribution >= 4 is 0 Å². The zero-order valence-electron chi connectivity index (χ0n) is 14.5. The standard InChI is InChI=1S/C18H33N3/c1-6-21-18(9-14(4)20-21)11-17-10-15(13(2)3)7-8-16(17)12-19-5/h9,13,15-17,19H,6-8,10-12H2,1-5H3. The molecule has 2 rings (SSSR count). The molecule has 3 unspecified atom stereocenters. The second kappa shape index (κ2) is 7.44. The maximum absolute atomic E-state index is 4.62. The Bertz CT molecular complexity index is 436. The van der Waals surface area contributed by atoms with Crippen LogP contribution in [0.2, 0.25) is 0 Å². The summed E-state index contributed by atoms with van der Waals surface area (Å²) in [5.41, 5.74) is 2.60. The molecular formula is C18H33N3. The fourth-order valence-electron chi connectivity index (χ4n) is 4.06. The molecule has 1 aliphatic carbocycles. The Morgan fingerprint density at radius 1 is 1.33 bits per heavy atom. The average Bonchev–Trinajstić information content (AvgIpc) is 2.80. The van der Waals surface area contributed by atoms with Crippen molar-refractivity contribution in [2.24, 2.45) is 23.7 Å². The van der Waals surface area contributed by atoms with Crippen molar-refractivity contribution in [2.45, 2.75) is 59.9 Å². The third kappa shape index (κ3) is 4.09. The first kappa shape index (κ1) is 16.5. The van der Waals surface area contributed by atoms with E-state index in [-0.39, 0.29) is 0 Å². The molecule has 3 heteroatoms. The van der Waals surface area contributed by atoms with Gasteiger partial charge in [0.05, 0.1) is 5.69 Å². The van der Waals surface area contributed by atoms with Gasteiger partial charge in [0.25, 0.3) is 0 Å². The van der Waals surface area contributed by atoms with Gasteiger partial charge in [-0.15, -0.1) is 0 Å². The highest BCUT2D eigenvalue weighted by Gasteiger charge is 2.32. The Balaban J connectivity index is 2.11. The highest BCUT2D eigenvalue weighted by Crippen LogP contribution is 2.39. The minimum absolute atomic E-state index is 0.806. The summed E-state index contributed by atoms with van der Waals surface area (Å²) >= 11 is 0. The number of hydrogen-bond donors (Lipinski definition) is 1. The summed E-state index contributed by atoms with van der Waals surface area (Å²) in [6, 6.07) is 2.29. The molecule has 0 amide bonds. The summed E-state index contributed by atoms with van der Waals surface area (Å²) in [5.74, 6) is 3.36. The molecule has 0 aliphatic heterocycles. The van der Waals surface area contributed by atoms with Crippen molar-refractivity contribution in [3.8, 4) is 0 Å². The Kier molecular flexibility index (Phi) is 5.86. The predicted octanol–water partition coefficient (Wildman–Crippen LogP) is 3.66. The lowest BCUT2D eigenvalue weighted by Gasteiger charge is -2.38. The van der Waals surface area contributed by atoms with Gasteiger partial charge in [0, 0.05) is 12.2 Å². The normalized spacial score (nSPS) is 26.5. The zero-order chi connectivity index (χ0) is 15.4. The lowest BCUT2D eigenvalue weighted by molar-refractivity contribution is 0.144. The van der Waals surface area contributed by atoms with E-state index in [0.29, 0.717) is 0 Å². The fourth-order valence-corrected chi connectivity index (χ4v) is 4.06. The van der Waals surface area contributed by atoms with Gasteiger partial charge in [0.2, 0.25) is 0 Å². The van der Waals surface area contributed by atoms with Crippen LogP contribution in [-0.4, -0.2) is 23.4 Å². The van der Waals surface area contributed by atoms with Crippen LogP contribution in [-0.2, 0) is 13.0 Å². The van der Waals surface area contributed by atoms with Gasteiger partial charge in [-0.2, -0.15) is 5.10 Å². The summed E-state index contributed by atoms with van der Waals surface area (Å²) in [5, 5.41) is 8.03. The topological polar surface area (TPSA) is 29.9 Å². The molecule has 1 fully saturated rings. The van der Waals surface area contributed by atoms with Gasteiger partial charge in [-0.25, -0.2) is 0 Å². The van der Waals surface area contributed by atoms with E-state index in [4.69, 9.17) is 0 Å². The highest BCUT2D eigenvalue weighted by atomic mass is 15.3. The first-order chi connectivity index (χ1) is 10.0. The van der Waals surface area contributed by atoms with E-state index in [9.17, 15) is 0 Å². The third-order valence-electron chi connectivity index (χ3n) is 5.35. The first-order valence-corrected chi connectivity index (χ1v) is 8.73. The summed E-state index contributed by atoms with van der Waals surface area (Å²) < 4.78 is 2.20. The van der Waals surface area contributed by atoms with Gasteiger partial charge in [-0.05, 0) is 82.9 Å². The van der Waals surface area contributed by atoms with Crippen LogP contribution in [0.15, 0.2) is 6.07 Å². The molecule has 0 aromatic carbocycles. The van der Waals surface area contributed by atoms with Crippen molar-refractivity contribution in [1.82, 2.24) is 15.1 Å². The number of hydrogen-bond acceptors (Lipinski definition) is 2. The van der Waals surface area contributed by atoms with E-state index in [1.807, 2.05) is 0 Å². The molecule has 0 saturated heterocycles. The molecule has 120 valence electrons. The molecule has 1 N–H and O–H groups in total. The third-order valence-corrected chi connectivity index (χ3v) is 5.35. The predicted molar refractivity (Wildman–Crippen MR) is 89.4 cm³/mol. The van der Waals surface area contributed by atoms with Gasteiger partial charge in [0.1, 0.15) is 0 Å². The first-order valence-electron chi connectivity index (χ1n) is 8.73. The van der Waals surface area contributed by atoms with Crippen LogP contribution in [0, 0.1) is 30.6 Å². The molecule has 3 nitrogen and oxygen atoms in total. The second-order valence-electron chi connectivity index (χ2n) is 7.19. The van der Waals surface area contributed by atoms with Gasteiger partial charge in [-0.1, -0.05) is 13.8 Å². The molecule has 1 aromatic rings. The SMILES string of the molecule is CCn1nc(C)cc1CC1CC(C(C)C)CCC1CNC. The molecule has 0 radical (unpaired) electrons. The summed E-state index contributed by atoms with van der Waals surface area (Å²) in [7, 11) is 2.09. The number of aryl methyl sites for hydroxylation is 2. The fraction of sp³-hybridized carbons (Fsp3) is 0.833. The molecule has 0 bridgehead atoms. The maximum Gasteiger partial charge on any atom is 0.0596 e. The van der Waals surface area contributed by atoms with E-state index >= 15 is 0 Å². The monoisotopic (exact) mass is 291 g/mol. The summed E-state index contributed by atoms with van der Waals surface area (Å²) in [6.07, 6.45) is 5.38. The van der Waals surface area contributed by atoms with Crippen LogP contribution >= 0.6 is 0 Å². The molecule has 3 atom stereocenters. The Morgan fingerprint density at radius 3 is 2.71 bits per heavy atom. The average molecular weight is 291 g/mol.